The number of halogens is 1. The van der Waals surface area contributed by atoms with Gasteiger partial charge in [-0.05, 0) is 37.5 Å². The molecule has 2 bridgehead atoms. The molecule has 2 saturated heterocycles. The third kappa shape index (κ3) is 1.89. The first kappa shape index (κ1) is 12.2. The SMILES string of the molecule is Oc1cc(Cl)ccc1-c1nc(C2CC3CCC2O3)no1. The van der Waals surface area contributed by atoms with Gasteiger partial charge in [-0.2, -0.15) is 4.98 Å². The molecule has 2 fully saturated rings. The molecule has 1 aromatic carbocycles. The molecule has 0 amide bonds. The largest absolute Gasteiger partial charge is 0.507 e. The number of aromatic hydroxyl groups is 1. The number of phenols is 1. The van der Waals surface area contributed by atoms with Crippen molar-refractivity contribution in [3.05, 3.63) is 29.0 Å². The third-order valence-corrected chi connectivity index (χ3v) is 4.30. The first-order valence-corrected chi connectivity index (χ1v) is 7.06. The fourth-order valence-corrected chi connectivity index (χ4v) is 3.26. The minimum atomic E-state index is 0.0388. The number of fused-ring (bicyclic) bond motifs is 2. The lowest BCUT2D eigenvalue weighted by Gasteiger charge is -2.13. The molecule has 2 aliphatic rings. The zero-order valence-corrected chi connectivity index (χ0v) is 11.4. The third-order valence-electron chi connectivity index (χ3n) is 4.07. The van der Waals surface area contributed by atoms with Gasteiger partial charge in [0.25, 0.3) is 5.89 Å². The first-order chi connectivity index (χ1) is 9.70. The van der Waals surface area contributed by atoms with Crippen LogP contribution in [0.2, 0.25) is 5.02 Å². The van der Waals surface area contributed by atoms with Crippen LogP contribution < -0.4 is 0 Å². The van der Waals surface area contributed by atoms with Gasteiger partial charge < -0.3 is 14.4 Å². The second kappa shape index (κ2) is 4.46. The van der Waals surface area contributed by atoms with Gasteiger partial charge in [0.05, 0.1) is 23.7 Å². The van der Waals surface area contributed by atoms with Crippen LogP contribution in [-0.4, -0.2) is 27.5 Å². The Hall–Kier alpha value is -1.59. The van der Waals surface area contributed by atoms with E-state index in [1.54, 1.807) is 12.1 Å². The molecule has 2 aromatic rings. The first-order valence-electron chi connectivity index (χ1n) is 6.68. The standard InChI is InChI=1S/C14H13ClN2O3/c15-7-1-3-9(11(18)5-7)14-16-13(17-20-14)10-6-8-2-4-12(10)19-8/h1,3,5,8,10,12,18H,2,4,6H2. The Morgan fingerprint density at radius 3 is 2.90 bits per heavy atom. The predicted octanol–water partition coefficient (Wildman–Crippen LogP) is 3.13. The number of benzene rings is 1. The normalized spacial score (nSPS) is 28.1. The molecule has 0 spiro atoms. The van der Waals surface area contributed by atoms with Gasteiger partial charge >= 0.3 is 0 Å². The zero-order chi connectivity index (χ0) is 13.7. The van der Waals surface area contributed by atoms with E-state index in [9.17, 15) is 5.11 Å². The molecule has 0 aliphatic carbocycles. The monoisotopic (exact) mass is 292 g/mol. The van der Waals surface area contributed by atoms with Gasteiger partial charge in [0.2, 0.25) is 0 Å². The summed E-state index contributed by atoms with van der Waals surface area (Å²) < 4.78 is 11.1. The summed E-state index contributed by atoms with van der Waals surface area (Å²) in [6.45, 7) is 0. The van der Waals surface area contributed by atoms with Gasteiger partial charge in [0, 0.05) is 5.02 Å². The van der Waals surface area contributed by atoms with E-state index < -0.39 is 0 Å². The molecule has 20 heavy (non-hydrogen) atoms. The Balaban J connectivity index is 1.65. The van der Waals surface area contributed by atoms with Crippen LogP contribution in [0.1, 0.15) is 31.0 Å². The number of hydrogen-bond donors (Lipinski definition) is 1. The maximum Gasteiger partial charge on any atom is 0.261 e. The fourth-order valence-electron chi connectivity index (χ4n) is 3.09. The number of hydrogen-bond acceptors (Lipinski definition) is 5. The smallest absolute Gasteiger partial charge is 0.261 e. The van der Waals surface area contributed by atoms with Crippen molar-refractivity contribution in [1.82, 2.24) is 10.1 Å². The summed E-state index contributed by atoms with van der Waals surface area (Å²) in [6, 6.07) is 4.81. The van der Waals surface area contributed by atoms with Gasteiger partial charge in [-0.1, -0.05) is 16.8 Å². The van der Waals surface area contributed by atoms with Crippen molar-refractivity contribution in [2.24, 2.45) is 0 Å². The van der Waals surface area contributed by atoms with E-state index in [4.69, 9.17) is 20.9 Å². The average molecular weight is 293 g/mol. The highest BCUT2D eigenvalue weighted by atomic mass is 35.5. The van der Waals surface area contributed by atoms with E-state index in [0.717, 1.165) is 19.3 Å². The Labute approximate surface area is 120 Å². The molecule has 6 heteroatoms. The zero-order valence-electron chi connectivity index (χ0n) is 10.6. The Morgan fingerprint density at radius 1 is 1.30 bits per heavy atom. The second-order valence-corrected chi connectivity index (χ2v) is 5.77. The fraction of sp³-hybridized carbons (Fsp3) is 0.429. The predicted molar refractivity (Wildman–Crippen MR) is 71.7 cm³/mol. The van der Waals surface area contributed by atoms with Crippen molar-refractivity contribution in [3.63, 3.8) is 0 Å². The maximum atomic E-state index is 9.89. The average Bonchev–Trinajstić information content (AvgIpc) is 3.14. The summed E-state index contributed by atoms with van der Waals surface area (Å²) in [6.07, 6.45) is 3.70. The van der Waals surface area contributed by atoms with Crippen molar-refractivity contribution in [1.29, 1.82) is 0 Å². The molecule has 3 unspecified atom stereocenters. The summed E-state index contributed by atoms with van der Waals surface area (Å²) in [4.78, 5) is 4.41. The minimum Gasteiger partial charge on any atom is -0.507 e. The lowest BCUT2D eigenvalue weighted by atomic mass is 9.89. The minimum absolute atomic E-state index is 0.0388. The lowest BCUT2D eigenvalue weighted by molar-refractivity contribution is 0.0996. The van der Waals surface area contributed by atoms with Gasteiger partial charge in [-0.25, -0.2) is 0 Å². The Kier molecular flexibility index (Phi) is 2.72. The number of phenolic OH excluding ortho intramolecular Hbond substituents is 1. The molecule has 3 heterocycles. The second-order valence-electron chi connectivity index (χ2n) is 5.34. The van der Waals surface area contributed by atoms with Crippen molar-refractivity contribution < 1.29 is 14.4 Å². The van der Waals surface area contributed by atoms with E-state index in [-0.39, 0.29) is 17.8 Å². The van der Waals surface area contributed by atoms with Crippen LogP contribution in [0, 0.1) is 0 Å². The van der Waals surface area contributed by atoms with Crippen molar-refractivity contribution in [2.45, 2.75) is 37.4 Å². The topological polar surface area (TPSA) is 68.4 Å². The molecule has 0 radical (unpaired) electrons. The Bertz CT molecular complexity index is 658. The summed E-state index contributed by atoms with van der Waals surface area (Å²) in [5.74, 6) is 1.23. The van der Waals surface area contributed by atoms with Gasteiger partial charge in [0.15, 0.2) is 5.82 Å². The van der Waals surface area contributed by atoms with E-state index in [1.165, 1.54) is 6.07 Å². The summed E-state index contributed by atoms with van der Waals surface area (Å²) in [5, 5.41) is 14.4. The molecule has 2 aliphatic heterocycles. The van der Waals surface area contributed by atoms with Crippen LogP contribution in [0.25, 0.3) is 11.5 Å². The van der Waals surface area contributed by atoms with Crippen LogP contribution in [0.15, 0.2) is 22.7 Å². The molecular weight excluding hydrogens is 280 g/mol. The quantitative estimate of drug-likeness (QED) is 0.921. The molecule has 5 nitrogen and oxygen atoms in total. The molecule has 0 saturated carbocycles. The highest BCUT2D eigenvalue weighted by Crippen LogP contribution is 2.44. The Morgan fingerprint density at radius 2 is 2.20 bits per heavy atom. The van der Waals surface area contributed by atoms with Gasteiger partial charge in [-0.15, -0.1) is 0 Å². The maximum absolute atomic E-state index is 9.89. The van der Waals surface area contributed by atoms with Crippen molar-refractivity contribution >= 4 is 11.6 Å². The number of ether oxygens (including phenoxy) is 1. The molecule has 104 valence electrons. The van der Waals surface area contributed by atoms with Crippen LogP contribution in [-0.2, 0) is 4.74 Å². The number of aromatic nitrogens is 2. The van der Waals surface area contributed by atoms with E-state index >= 15 is 0 Å². The molecule has 1 N–H and O–H groups in total. The van der Waals surface area contributed by atoms with Crippen LogP contribution in [0.5, 0.6) is 5.75 Å². The van der Waals surface area contributed by atoms with Crippen LogP contribution in [0.3, 0.4) is 0 Å². The van der Waals surface area contributed by atoms with E-state index in [2.05, 4.69) is 10.1 Å². The molecule has 3 atom stereocenters. The molecular formula is C14H13ClN2O3. The van der Waals surface area contributed by atoms with Crippen molar-refractivity contribution in [2.75, 3.05) is 0 Å². The van der Waals surface area contributed by atoms with Crippen LogP contribution in [0.4, 0.5) is 0 Å². The highest BCUT2D eigenvalue weighted by Gasteiger charge is 2.43. The highest BCUT2D eigenvalue weighted by molar-refractivity contribution is 6.30. The van der Waals surface area contributed by atoms with E-state index in [0.29, 0.717) is 28.4 Å². The summed E-state index contributed by atoms with van der Waals surface area (Å²) in [5.41, 5.74) is 0.497. The summed E-state index contributed by atoms with van der Waals surface area (Å²) >= 11 is 5.81. The number of rotatable bonds is 2. The number of nitrogens with zero attached hydrogens (tertiary/aromatic N) is 2. The van der Waals surface area contributed by atoms with Crippen LogP contribution >= 0.6 is 11.6 Å². The molecule has 1 aromatic heterocycles. The lowest BCUT2D eigenvalue weighted by Crippen LogP contribution is -2.15. The molecule has 4 rings (SSSR count). The van der Waals surface area contributed by atoms with E-state index in [1.807, 2.05) is 0 Å². The van der Waals surface area contributed by atoms with Crippen molar-refractivity contribution in [3.8, 4) is 17.2 Å². The summed E-state index contributed by atoms with van der Waals surface area (Å²) in [7, 11) is 0. The van der Waals surface area contributed by atoms with Gasteiger partial charge in [-0.3, -0.25) is 0 Å². The van der Waals surface area contributed by atoms with Gasteiger partial charge in [0.1, 0.15) is 5.75 Å².